The van der Waals surface area contributed by atoms with E-state index in [0.29, 0.717) is 0 Å². The molecule has 2 aliphatic rings. The van der Waals surface area contributed by atoms with E-state index in [0.717, 1.165) is 19.3 Å². The lowest BCUT2D eigenvalue weighted by atomic mass is 9.33. The van der Waals surface area contributed by atoms with Gasteiger partial charge in [0.25, 0.3) is 6.71 Å². The third kappa shape index (κ3) is 5.55. The molecule has 3 heteroatoms. The van der Waals surface area contributed by atoms with Gasteiger partial charge < -0.3 is 9.80 Å². The van der Waals surface area contributed by atoms with Gasteiger partial charge in [-0.15, -0.1) is 0 Å². The molecule has 232 valence electrons. The van der Waals surface area contributed by atoms with Crippen LogP contribution in [0, 0.1) is 6.92 Å². The van der Waals surface area contributed by atoms with Crippen molar-refractivity contribution in [1.29, 1.82) is 0 Å². The van der Waals surface area contributed by atoms with E-state index in [2.05, 4.69) is 141 Å². The molecule has 0 bridgehead atoms. The molecule has 7 rings (SSSR count). The Morgan fingerprint density at radius 3 is 1.70 bits per heavy atom. The molecule has 2 nitrogen and oxygen atoms in total. The van der Waals surface area contributed by atoms with Crippen molar-refractivity contribution in [2.24, 2.45) is 0 Å². The number of benzene rings is 5. The average Bonchev–Trinajstić information content (AvgIpc) is 3.08. The van der Waals surface area contributed by atoms with Gasteiger partial charge in [0.05, 0.1) is 0 Å². The van der Waals surface area contributed by atoms with E-state index in [4.69, 9.17) is 0 Å². The summed E-state index contributed by atoms with van der Waals surface area (Å²) in [6.45, 7) is 9.34. The number of unbranched alkanes of at least 4 members (excludes halogenated alkanes) is 3. The molecule has 2 heterocycles. The van der Waals surface area contributed by atoms with Gasteiger partial charge >= 0.3 is 0 Å². The average molecular weight is 603 g/mol. The van der Waals surface area contributed by atoms with Crippen molar-refractivity contribution in [2.75, 3.05) is 9.80 Å². The quantitative estimate of drug-likeness (QED) is 0.136. The van der Waals surface area contributed by atoms with Gasteiger partial charge in [-0.25, -0.2) is 0 Å². The van der Waals surface area contributed by atoms with Crippen LogP contribution in [0.2, 0.25) is 0 Å². The van der Waals surface area contributed by atoms with Crippen molar-refractivity contribution < 1.29 is 0 Å². The monoisotopic (exact) mass is 602 g/mol. The highest BCUT2D eigenvalue weighted by atomic mass is 15.2. The molecule has 0 saturated heterocycles. The number of nitrogens with zero attached hydrogens (tertiary/aromatic N) is 2. The number of aryl methyl sites for hydroxylation is 4. The summed E-state index contributed by atoms with van der Waals surface area (Å²) in [6, 6.07) is 39.7. The molecular formula is C43H47BN2. The summed E-state index contributed by atoms with van der Waals surface area (Å²) in [5.74, 6) is 0. The van der Waals surface area contributed by atoms with Gasteiger partial charge in [-0.05, 0) is 133 Å². The van der Waals surface area contributed by atoms with Crippen molar-refractivity contribution >= 4 is 57.2 Å². The number of anilines is 6. The maximum atomic E-state index is 2.61. The third-order valence-corrected chi connectivity index (χ3v) is 9.95. The summed E-state index contributed by atoms with van der Waals surface area (Å²) in [5, 5.41) is 0. The van der Waals surface area contributed by atoms with Crippen LogP contribution in [0.25, 0.3) is 0 Å². The minimum absolute atomic E-state index is 0.178. The van der Waals surface area contributed by atoms with Crippen LogP contribution in [0.5, 0.6) is 0 Å². The Labute approximate surface area is 277 Å². The first-order valence-corrected chi connectivity index (χ1v) is 17.8. The number of para-hydroxylation sites is 2. The standard InChI is InChI=1S/C43H47BN2/c1-5-8-16-32-23-24-40-38(30-32)44-37-21-14-15-22-39(37)45(35-19-12-11-13-20-35)41-25-31(4)26-42(43(41)44)46(40)36-28-33(17-9-6-2)27-34(29-36)18-10-7-3/h11-15,19-30H,5-10,16-18H2,1-4H3. The van der Waals surface area contributed by atoms with Crippen LogP contribution < -0.4 is 26.2 Å². The second-order valence-corrected chi connectivity index (χ2v) is 13.4. The Kier molecular flexibility index (Phi) is 8.76. The Morgan fingerprint density at radius 1 is 0.478 bits per heavy atom. The third-order valence-electron chi connectivity index (χ3n) is 9.95. The van der Waals surface area contributed by atoms with Gasteiger partial charge in [0.1, 0.15) is 0 Å². The minimum atomic E-state index is 0.178. The van der Waals surface area contributed by atoms with Crippen molar-refractivity contribution in [3.05, 3.63) is 125 Å². The molecule has 0 N–H and O–H groups in total. The Balaban J connectivity index is 1.51. The summed E-state index contributed by atoms with van der Waals surface area (Å²) >= 11 is 0. The molecule has 0 spiro atoms. The number of hydrogen-bond acceptors (Lipinski definition) is 2. The lowest BCUT2D eigenvalue weighted by molar-refractivity contribution is 0.780. The second kappa shape index (κ2) is 13.2. The Hall–Kier alpha value is -4.24. The van der Waals surface area contributed by atoms with Crippen molar-refractivity contribution in [3.8, 4) is 0 Å². The zero-order chi connectivity index (χ0) is 31.6. The molecule has 5 aromatic carbocycles. The maximum absolute atomic E-state index is 2.61. The fourth-order valence-electron chi connectivity index (χ4n) is 7.73. The first kappa shape index (κ1) is 30.4. The van der Waals surface area contributed by atoms with Gasteiger partial charge in [0, 0.05) is 34.1 Å². The van der Waals surface area contributed by atoms with Crippen LogP contribution in [0.15, 0.2) is 103 Å². The van der Waals surface area contributed by atoms with Gasteiger partial charge in [0.2, 0.25) is 0 Å². The molecule has 46 heavy (non-hydrogen) atoms. The summed E-state index contributed by atoms with van der Waals surface area (Å²) in [6.07, 6.45) is 10.7. The van der Waals surface area contributed by atoms with E-state index in [9.17, 15) is 0 Å². The molecule has 0 unspecified atom stereocenters. The van der Waals surface area contributed by atoms with E-state index < -0.39 is 0 Å². The Morgan fingerprint density at radius 2 is 1.04 bits per heavy atom. The predicted octanol–water partition coefficient (Wildman–Crippen LogP) is 10.1. The summed E-state index contributed by atoms with van der Waals surface area (Å²) in [5.41, 5.74) is 17.6. The van der Waals surface area contributed by atoms with Gasteiger partial charge in [0.15, 0.2) is 0 Å². The lowest BCUT2D eigenvalue weighted by Gasteiger charge is -2.44. The minimum Gasteiger partial charge on any atom is -0.311 e. The van der Waals surface area contributed by atoms with Crippen molar-refractivity contribution in [3.63, 3.8) is 0 Å². The zero-order valence-electron chi connectivity index (χ0n) is 28.2. The molecule has 0 saturated carbocycles. The molecule has 0 atom stereocenters. The van der Waals surface area contributed by atoms with E-state index >= 15 is 0 Å². The van der Waals surface area contributed by atoms with E-state index in [1.807, 2.05) is 0 Å². The number of fused-ring (bicyclic) bond motifs is 4. The lowest BCUT2D eigenvalue weighted by Crippen LogP contribution is -2.61. The van der Waals surface area contributed by atoms with E-state index in [1.165, 1.54) is 111 Å². The first-order valence-electron chi connectivity index (χ1n) is 17.8. The van der Waals surface area contributed by atoms with Crippen LogP contribution in [-0.2, 0) is 19.3 Å². The molecular weight excluding hydrogens is 555 g/mol. The molecule has 0 radical (unpaired) electrons. The normalized spacial score (nSPS) is 13.0. The molecule has 5 aromatic rings. The molecule has 0 amide bonds. The smallest absolute Gasteiger partial charge is 0.252 e. The highest BCUT2D eigenvalue weighted by Gasteiger charge is 2.43. The molecule has 2 aliphatic heterocycles. The van der Waals surface area contributed by atoms with Crippen molar-refractivity contribution in [2.45, 2.75) is 85.5 Å². The van der Waals surface area contributed by atoms with Gasteiger partial charge in [-0.2, -0.15) is 0 Å². The predicted molar refractivity (Wildman–Crippen MR) is 201 cm³/mol. The summed E-state index contributed by atoms with van der Waals surface area (Å²) < 4.78 is 0. The summed E-state index contributed by atoms with van der Waals surface area (Å²) in [4.78, 5) is 5.12. The van der Waals surface area contributed by atoms with Crippen molar-refractivity contribution in [1.82, 2.24) is 0 Å². The number of hydrogen-bond donors (Lipinski definition) is 0. The zero-order valence-corrected chi connectivity index (χ0v) is 28.2. The van der Waals surface area contributed by atoms with Gasteiger partial charge in [-0.3, -0.25) is 0 Å². The molecule has 0 aromatic heterocycles. The highest BCUT2D eigenvalue weighted by molar-refractivity contribution is 7.00. The van der Waals surface area contributed by atoms with Crippen LogP contribution in [0.4, 0.5) is 34.1 Å². The van der Waals surface area contributed by atoms with Crippen LogP contribution in [0.3, 0.4) is 0 Å². The largest absolute Gasteiger partial charge is 0.311 e. The Bertz CT molecular complexity index is 1820. The fraction of sp³-hybridized carbons (Fsp3) is 0.302. The highest BCUT2D eigenvalue weighted by Crippen LogP contribution is 2.45. The fourth-order valence-corrected chi connectivity index (χ4v) is 7.73. The molecule has 0 fully saturated rings. The second-order valence-electron chi connectivity index (χ2n) is 13.4. The van der Waals surface area contributed by atoms with E-state index in [-0.39, 0.29) is 6.71 Å². The van der Waals surface area contributed by atoms with Crippen LogP contribution in [0.1, 0.15) is 81.5 Å². The topological polar surface area (TPSA) is 6.48 Å². The maximum Gasteiger partial charge on any atom is 0.252 e. The van der Waals surface area contributed by atoms with Crippen LogP contribution >= 0.6 is 0 Å². The van der Waals surface area contributed by atoms with E-state index in [1.54, 1.807) is 0 Å². The van der Waals surface area contributed by atoms with Gasteiger partial charge in [-0.1, -0.05) is 94.6 Å². The van der Waals surface area contributed by atoms with Crippen LogP contribution in [-0.4, -0.2) is 6.71 Å². The number of rotatable bonds is 11. The SMILES string of the molecule is CCCCc1cc(CCCC)cc(N2c3ccc(CCCC)cc3B3c4ccccc4N(c4ccccc4)c4cc(C)cc2c43)c1. The molecule has 0 aliphatic carbocycles. The summed E-state index contributed by atoms with van der Waals surface area (Å²) in [7, 11) is 0. The first-order chi connectivity index (χ1) is 22.6.